The molecule has 1 heterocycles. The molecule has 0 fully saturated rings. The van der Waals surface area contributed by atoms with Gasteiger partial charge in [0.2, 0.25) is 0 Å². The average molecular weight is 382 g/mol. The number of hydrogen-bond acceptors (Lipinski definition) is 6. The Kier molecular flexibility index (Phi) is 6.29. The van der Waals surface area contributed by atoms with Gasteiger partial charge in [0.05, 0.1) is 12.3 Å². The van der Waals surface area contributed by atoms with Crippen LogP contribution in [0.1, 0.15) is 28.7 Å². The molecule has 2 amide bonds. The molecule has 0 aliphatic carbocycles. The lowest BCUT2D eigenvalue weighted by atomic mass is 10.1. The number of aromatic nitrogens is 2. The average Bonchev–Trinajstić information content (AvgIpc) is 2.53. The second-order valence-corrected chi connectivity index (χ2v) is 5.62. The van der Waals surface area contributed by atoms with Crippen molar-refractivity contribution in [2.75, 3.05) is 11.9 Å². The van der Waals surface area contributed by atoms with Crippen molar-refractivity contribution in [3.05, 3.63) is 46.1 Å². The topological polar surface area (TPSA) is 133 Å². The first-order valence-corrected chi connectivity index (χ1v) is 8.03. The van der Waals surface area contributed by atoms with Crippen LogP contribution in [0.3, 0.4) is 0 Å². The van der Waals surface area contributed by atoms with E-state index in [0.717, 1.165) is 0 Å². The molecule has 0 aliphatic heterocycles. The van der Waals surface area contributed by atoms with Gasteiger partial charge in [0.25, 0.3) is 5.91 Å². The van der Waals surface area contributed by atoms with E-state index in [1.54, 1.807) is 13.0 Å². The molecule has 8 nitrogen and oxygen atoms in total. The molecular formula is C16H17ClFN5O3. The van der Waals surface area contributed by atoms with Gasteiger partial charge in [-0.05, 0) is 30.2 Å². The summed E-state index contributed by atoms with van der Waals surface area (Å²) >= 11 is 6.03. The molecule has 1 aromatic heterocycles. The molecule has 2 aromatic rings. The third-order valence-electron chi connectivity index (χ3n) is 3.34. The first-order valence-electron chi connectivity index (χ1n) is 7.65. The molecule has 0 radical (unpaired) electrons. The van der Waals surface area contributed by atoms with Gasteiger partial charge in [-0.15, -0.1) is 0 Å². The fraction of sp³-hybridized carbons (Fsp3) is 0.250. The fourth-order valence-electron chi connectivity index (χ4n) is 2.21. The predicted molar refractivity (Wildman–Crippen MR) is 93.9 cm³/mol. The second-order valence-electron chi connectivity index (χ2n) is 5.27. The quantitative estimate of drug-likeness (QED) is 0.673. The minimum absolute atomic E-state index is 0.00158. The highest BCUT2D eigenvalue weighted by Crippen LogP contribution is 2.24. The Bertz CT molecular complexity index is 847. The number of rotatable bonds is 7. The Balaban J connectivity index is 2.30. The van der Waals surface area contributed by atoms with Gasteiger partial charge < -0.3 is 21.5 Å². The van der Waals surface area contributed by atoms with Crippen molar-refractivity contribution < 1.29 is 18.7 Å². The number of primary amides is 2. The molecule has 0 saturated heterocycles. The zero-order valence-corrected chi connectivity index (χ0v) is 14.6. The monoisotopic (exact) mass is 381 g/mol. The van der Waals surface area contributed by atoms with Crippen LogP contribution in [0.15, 0.2) is 18.2 Å². The smallest absolute Gasteiger partial charge is 0.404 e. The van der Waals surface area contributed by atoms with Crippen LogP contribution < -0.4 is 16.8 Å². The number of aryl methyl sites for hydroxylation is 1. The summed E-state index contributed by atoms with van der Waals surface area (Å²) in [7, 11) is 0. The van der Waals surface area contributed by atoms with E-state index in [9.17, 15) is 14.0 Å². The minimum atomic E-state index is -0.910. The van der Waals surface area contributed by atoms with Crippen LogP contribution in [0.4, 0.5) is 20.7 Å². The molecular weight excluding hydrogens is 365 g/mol. The lowest BCUT2D eigenvalue weighted by Crippen LogP contribution is -2.18. The summed E-state index contributed by atoms with van der Waals surface area (Å²) in [5, 5.41) is 2.91. The third kappa shape index (κ3) is 5.03. The van der Waals surface area contributed by atoms with Gasteiger partial charge >= 0.3 is 6.09 Å². The van der Waals surface area contributed by atoms with E-state index in [0.29, 0.717) is 23.4 Å². The number of amides is 2. The molecule has 1 aromatic carbocycles. The van der Waals surface area contributed by atoms with Gasteiger partial charge in [-0.25, -0.2) is 19.2 Å². The van der Waals surface area contributed by atoms with Crippen LogP contribution in [0, 0.1) is 5.82 Å². The summed E-state index contributed by atoms with van der Waals surface area (Å²) in [6.45, 7) is 1.81. The summed E-state index contributed by atoms with van der Waals surface area (Å²) in [5.41, 5.74) is 11.4. The molecule has 0 aliphatic rings. The van der Waals surface area contributed by atoms with E-state index >= 15 is 0 Å². The zero-order chi connectivity index (χ0) is 19.3. The van der Waals surface area contributed by atoms with Gasteiger partial charge in [0.1, 0.15) is 5.82 Å². The molecule has 10 heteroatoms. The maximum Gasteiger partial charge on any atom is 0.404 e. The van der Waals surface area contributed by atoms with Gasteiger partial charge in [0.15, 0.2) is 16.7 Å². The van der Waals surface area contributed by atoms with Crippen molar-refractivity contribution in [1.82, 2.24) is 9.97 Å². The highest BCUT2D eigenvalue weighted by atomic mass is 35.5. The minimum Gasteiger partial charge on any atom is -0.449 e. The van der Waals surface area contributed by atoms with Crippen molar-refractivity contribution in [1.29, 1.82) is 0 Å². The SMILES string of the molecule is CCc1nc(C(N)=O)c(Nc2cc(F)cc(CCOC(N)=O)c2)nc1Cl. The largest absolute Gasteiger partial charge is 0.449 e. The number of nitrogens with two attached hydrogens (primary N) is 2. The van der Waals surface area contributed by atoms with E-state index in [1.165, 1.54) is 12.1 Å². The summed E-state index contributed by atoms with van der Waals surface area (Å²) in [6.07, 6.45) is -0.192. The molecule has 138 valence electrons. The van der Waals surface area contributed by atoms with Crippen molar-refractivity contribution in [2.24, 2.45) is 11.5 Å². The molecule has 0 bridgehead atoms. The van der Waals surface area contributed by atoms with E-state index in [1.807, 2.05) is 0 Å². The summed E-state index contributed by atoms with van der Waals surface area (Å²) in [6, 6.07) is 4.08. The number of hydrogen-bond donors (Lipinski definition) is 3. The zero-order valence-electron chi connectivity index (χ0n) is 13.9. The van der Waals surface area contributed by atoms with E-state index in [2.05, 4.69) is 20.0 Å². The molecule has 2 rings (SSSR count). The molecule has 26 heavy (non-hydrogen) atoms. The van der Waals surface area contributed by atoms with Crippen LogP contribution in [0.5, 0.6) is 0 Å². The standard InChI is InChI=1S/C16H17ClFN5O3/c1-2-11-13(17)23-15(12(22-11)14(19)24)21-10-6-8(5-9(18)7-10)3-4-26-16(20)25/h5-7H,2-4H2,1H3,(H2,19,24)(H2,20,25)(H,21,23). The van der Waals surface area contributed by atoms with Gasteiger partial charge in [-0.1, -0.05) is 18.5 Å². The molecule has 0 saturated carbocycles. The van der Waals surface area contributed by atoms with Crippen molar-refractivity contribution in [3.63, 3.8) is 0 Å². The molecule has 0 spiro atoms. The van der Waals surface area contributed by atoms with Gasteiger partial charge in [-0.2, -0.15) is 0 Å². The van der Waals surface area contributed by atoms with Crippen molar-refractivity contribution in [2.45, 2.75) is 19.8 Å². The fourth-order valence-corrected chi connectivity index (χ4v) is 2.47. The maximum atomic E-state index is 13.8. The lowest BCUT2D eigenvalue weighted by molar-refractivity contribution is 0.0996. The Morgan fingerprint density at radius 3 is 2.62 bits per heavy atom. The Hall–Kier alpha value is -2.94. The highest BCUT2D eigenvalue weighted by molar-refractivity contribution is 6.30. The summed E-state index contributed by atoms with van der Waals surface area (Å²) in [4.78, 5) is 30.4. The maximum absolute atomic E-state index is 13.8. The number of carbonyl (C=O) groups is 2. The van der Waals surface area contributed by atoms with E-state index in [4.69, 9.17) is 23.1 Å². The number of carbonyl (C=O) groups excluding carboxylic acids is 2. The number of benzene rings is 1. The molecule has 0 atom stereocenters. The number of halogens is 2. The van der Waals surface area contributed by atoms with Crippen LogP contribution in [0.2, 0.25) is 5.15 Å². The van der Waals surface area contributed by atoms with Crippen LogP contribution in [0.25, 0.3) is 0 Å². The second kappa shape index (κ2) is 8.43. The normalized spacial score (nSPS) is 10.4. The van der Waals surface area contributed by atoms with Crippen LogP contribution in [-0.2, 0) is 17.6 Å². The lowest BCUT2D eigenvalue weighted by Gasteiger charge is -2.12. The van der Waals surface area contributed by atoms with Crippen molar-refractivity contribution in [3.8, 4) is 0 Å². The molecule has 5 N–H and O–H groups in total. The van der Waals surface area contributed by atoms with E-state index < -0.39 is 17.8 Å². The Morgan fingerprint density at radius 1 is 1.27 bits per heavy atom. The van der Waals surface area contributed by atoms with Crippen LogP contribution in [-0.4, -0.2) is 28.6 Å². The first-order chi connectivity index (χ1) is 12.3. The molecule has 0 unspecified atom stereocenters. The number of ether oxygens (including phenoxy) is 1. The first kappa shape index (κ1) is 19.4. The number of nitrogens with one attached hydrogen (secondary N) is 1. The summed E-state index contributed by atoms with van der Waals surface area (Å²) in [5.74, 6) is -1.31. The highest BCUT2D eigenvalue weighted by Gasteiger charge is 2.16. The number of nitrogens with zero attached hydrogens (tertiary/aromatic N) is 2. The van der Waals surface area contributed by atoms with Gasteiger partial charge in [0, 0.05) is 12.1 Å². The van der Waals surface area contributed by atoms with Crippen molar-refractivity contribution >= 4 is 35.1 Å². The Labute approximate surface area is 153 Å². The number of anilines is 2. The predicted octanol–water partition coefficient (Wildman–Crippen LogP) is 2.31. The summed E-state index contributed by atoms with van der Waals surface area (Å²) < 4.78 is 18.5. The van der Waals surface area contributed by atoms with Gasteiger partial charge in [-0.3, -0.25) is 4.79 Å². The van der Waals surface area contributed by atoms with Crippen LogP contribution >= 0.6 is 11.6 Å². The Morgan fingerprint density at radius 2 is 2.00 bits per heavy atom. The third-order valence-corrected chi connectivity index (χ3v) is 3.65. The van der Waals surface area contributed by atoms with E-state index in [-0.39, 0.29) is 29.7 Å².